The third kappa shape index (κ3) is 11.6. The van der Waals surface area contributed by atoms with E-state index in [0.717, 1.165) is 27.8 Å². The molecule has 1 aliphatic carbocycles. The molecule has 60 heavy (non-hydrogen) atoms. The second-order valence-electron chi connectivity index (χ2n) is 15.7. The van der Waals surface area contributed by atoms with Crippen LogP contribution in [0, 0.1) is 11.8 Å². The van der Waals surface area contributed by atoms with Crippen LogP contribution in [-0.2, 0) is 35.0 Å². The summed E-state index contributed by atoms with van der Waals surface area (Å²) in [5.74, 6) is -2.35. The maximum absolute atomic E-state index is 14.4. The molecule has 1 unspecified atom stereocenters. The lowest BCUT2D eigenvalue weighted by Gasteiger charge is -2.36. The first-order chi connectivity index (χ1) is 28.7. The fourth-order valence-electron chi connectivity index (χ4n) is 7.85. The molecule has 3 amide bonds. The van der Waals surface area contributed by atoms with Gasteiger partial charge in [-0.3, -0.25) is 19.2 Å². The van der Waals surface area contributed by atoms with Gasteiger partial charge in [0.15, 0.2) is 6.10 Å². The Morgan fingerprint density at radius 3 is 2.08 bits per heavy atom. The maximum Gasteiger partial charge on any atom is 0.407 e. The number of nitrogens with one attached hydrogen (secondary N) is 2. The Hall–Kier alpha value is -5.13. The van der Waals surface area contributed by atoms with Crippen molar-refractivity contribution in [1.82, 2.24) is 20.5 Å². The predicted molar refractivity (Wildman–Crippen MR) is 236 cm³/mol. The van der Waals surface area contributed by atoms with Crippen LogP contribution in [0.1, 0.15) is 98.1 Å². The van der Waals surface area contributed by atoms with Gasteiger partial charge in [0.05, 0.1) is 13.0 Å². The van der Waals surface area contributed by atoms with Crippen molar-refractivity contribution < 1.29 is 38.2 Å². The molecular formula is C46H57N4O8PS. The molecule has 0 saturated carbocycles. The summed E-state index contributed by atoms with van der Waals surface area (Å²) in [7, 11) is 5.69. The summed E-state index contributed by atoms with van der Waals surface area (Å²) in [5, 5.41) is 7.91. The zero-order valence-corrected chi connectivity index (χ0v) is 37.4. The van der Waals surface area contributed by atoms with Crippen LogP contribution in [0.25, 0.3) is 11.1 Å². The number of esters is 2. The molecule has 0 fully saturated rings. The maximum atomic E-state index is 14.4. The summed E-state index contributed by atoms with van der Waals surface area (Å²) in [6, 6.07) is 24.1. The molecule has 0 aliphatic heterocycles. The van der Waals surface area contributed by atoms with Gasteiger partial charge in [-0.25, -0.2) is 9.78 Å². The Kier molecular flexibility index (Phi) is 16.4. The summed E-state index contributed by atoms with van der Waals surface area (Å²) in [6.45, 7) is 9.04. The number of benzene rings is 3. The van der Waals surface area contributed by atoms with E-state index >= 15 is 0 Å². The number of amides is 3. The Bertz CT molecular complexity index is 2070. The van der Waals surface area contributed by atoms with Gasteiger partial charge in [0.1, 0.15) is 23.4 Å². The zero-order chi connectivity index (χ0) is 43.5. The van der Waals surface area contributed by atoms with Crippen molar-refractivity contribution in [3.05, 3.63) is 112 Å². The second-order valence-corrected chi connectivity index (χ2v) is 17.5. The SMILES string of the molecule is CC[C@H](P)[C@H](NC(=O)OCC1c2ccccc2-c2ccccc21)C(=O)N(C)[C@H](C[C@@H](OC(C)=O)c1nc(C(=O)N[C@@H](Cc2ccccc2)C[C@H](C)C(=O)OC)cs1)C(C)C. The quantitative estimate of drug-likeness (QED) is 0.0549. The molecule has 5 rings (SSSR count). The largest absolute Gasteiger partial charge is 0.469 e. The van der Waals surface area contributed by atoms with Crippen LogP contribution in [0.15, 0.2) is 84.2 Å². The fraction of sp³-hybridized carbons (Fsp3) is 0.435. The van der Waals surface area contributed by atoms with Gasteiger partial charge >= 0.3 is 18.0 Å². The number of nitrogens with zero attached hydrogens (tertiary/aromatic N) is 2. The van der Waals surface area contributed by atoms with Crippen molar-refractivity contribution >= 4 is 50.4 Å². The molecule has 1 aromatic heterocycles. The molecule has 7 atom stereocenters. The van der Waals surface area contributed by atoms with Gasteiger partial charge in [0.25, 0.3) is 5.91 Å². The average molecular weight is 857 g/mol. The van der Waals surface area contributed by atoms with E-state index in [9.17, 15) is 24.0 Å². The normalized spacial score (nSPS) is 15.0. The molecule has 4 aromatic rings. The molecular weight excluding hydrogens is 800 g/mol. The van der Waals surface area contributed by atoms with E-state index in [1.165, 1.54) is 25.4 Å². The lowest BCUT2D eigenvalue weighted by molar-refractivity contribution is -0.149. The van der Waals surface area contributed by atoms with Crippen molar-refractivity contribution in [3.8, 4) is 11.1 Å². The molecule has 320 valence electrons. The van der Waals surface area contributed by atoms with E-state index in [-0.39, 0.29) is 48.1 Å². The average Bonchev–Trinajstić information content (AvgIpc) is 3.86. The van der Waals surface area contributed by atoms with Crippen molar-refractivity contribution in [2.45, 2.75) is 96.1 Å². The van der Waals surface area contributed by atoms with Gasteiger partial charge in [-0.2, -0.15) is 0 Å². The van der Waals surface area contributed by atoms with E-state index in [1.54, 1.807) is 24.3 Å². The lowest BCUT2D eigenvalue weighted by Crippen LogP contribution is -2.55. The molecule has 1 aliphatic rings. The minimum atomic E-state index is -0.921. The molecule has 0 saturated heterocycles. The number of methoxy groups -OCH3 is 1. The third-order valence-corrected chi connectivity index (χ3v) is 12.9. The minimum Gasteiger partial charge on any atom is -0.469 e. The highest BCUT2D eigenvalue weighted by Gasteiger charge is 2.37. The van der Waals surface area contributed by atoms with Gasteiger partial charge in [-0.1, -0.05) is 107 Å². The molecule has 2 N–H and O–H groups in total. The molecule has 1 heterocycles. The van der Waals surface area contributed by atoms with Crippen LogP contribution < -0.4 is 10.6 Å². The number of fused-ring (bicyclic) bond motifs is 3. The van der Waals surface area contributed by atoms with Crippen LogP contribution in [0.2, 0.25) is 0 Å². The summed E-state index contributed by atoms with van der Waals surface area (Å²) in [6.07, 6.45) is 0.0449. The van der Waals surface area contributed by atoms with Crippen LogP contribution in [0.4, 0.5) is 4.79 Å². The molecule has 12 nitrogen and oxygen atoms in total. The first-order valence-electron chi connectivity index (χ1n) is 20.4. The number of aromatic nitrogens is 1. The minimum absolute atomic E-state index is 0.102. The number of rotatable bonds is 19. The lowest BCUT2D eigenvalue weighted by atomic mass is 9.95. The Labute approximate surface area is 359 Å². The zero-order valence-electron chi connectivity index (χ0n) is 35.4. The standard InChI is InChI=1S/C46H57N4O8PS/c1-8-40(59)41(49-46(55)57-25-36-34-20-14-12-18-32(34)33-19-13-15-21-35(33)36)44(53)50(6)38(27(2)3)24-39(58-29(5)51)43-48-37(26-60-43)42(52)47-31(22-28(4)45(54)56-7)23-30-16-10-9-11-17-30/h9-21,26-28,31,36,38-41H,8,22-25,59H2,1-7H3,(H,47,52)(H,49,55)/t28-,31+,38+,39+,40-,41-/m0/s1. The second kappa shape index (κ2) is 21.4. The van der Waals surface area contributed by atoms with Crippen molar-refractivity contribution in [1.29, 1.82) is 0 Å². The predicted octanol–water partition coefficient (Wildman–Crippen LogP) is 7.72. The number of hydrogen-bond acceptors (Lipinski definition) is 10. The van der Waals surface area contributed by atoms with E-state index in [4.69, 9.17) is 14.2 Å². The molecule has 14 heteroatoms. The highest BCUT2D eigenvalue weighted by Crippen LogP contribution is 2.44. The molecule has 3 aromatic carbocycles. The Balaban J connectivity index is 1.28. The van der Waals surface area contributed by atoms with E-state index < -0.39 is 48.1 Å². The highest BCUT2D eigenvalue weighted by atomic mass is 32.1. The van der Waals surface area contributed by atoms with Gasteiger partial charge < -0.3 is 29.7 Å². The van der Waals surface area contributed by atoms with Crippen molar-refractivity contribution in [3.63, 3.8) is 0 Å². The van der Waals surface area contributed by atoms with Gasteiger partial charge in [-0.15, -0.1) is 20.6 Å². The van der Waals surface area contributed by atoms with Crippen LogP contribution in [0.5, 0.6) is 0 Å². The summed E-state index contributed by atoms with van der Waals surface area (Å²) >= 11 is 1.18. The van der Waals surface area contributed by atoms with Crippen molar-refractivity contribution in [2.75, 3.05) is 20.8 Å². The number of ether oxygens (including phenoxy) is 3. The molecule has 0 radical (unpaired) electrons. The smallest absolute Gasteiger partial charge is 0.407 e. The van der Waals surface area contributed by atoms with Crippen LogP contribution in [-0.4, -0.2) is 84.3 Å². The number of likely N-dealkylation sites (N-methyl/N-ethyl adjacent to an activating group) is 1. The summed E-state index contributed by atoms with van der Waals surface area (Å²) in [5.41, 5.74) is 5.24. The first-order valence-corrected chi connectivity index (χ1v) is 22.0. The fourth-order valence-corrected chi connectivity index (χ4v) is 8.95. The summed E-state index contributed by atoms with van der Waals surface area (Å²) in [4.78, 5) is 72.4. The Morgan fingerprint density at radius 1 is 0.883 bits per heavy atom. The number of alkyl carbamates (subject to hydrolysis) is 1. The third-order valence-electron chi connectivity index (χ3n) is 11.1. The number of hydrogen-bond donors (Lipinski definition) is 2. The van der Waals surface area contributed by atoms with E-state index in [0.29, 0.717) is 24.3 Å². The van der Waals surface area contributed by atoms with Gasteiger partial charge in [0.2, 0.25) is 5.91 Å². The van der Waals surface area contributed by atoms with Crippen LogP contribution >= 0.6 is 20.6 Å². The topological polar surface area (TPSA) is 153 Å². The molecule has 0 bridgehead atoms. The van der Waals surface area contributed by atoms with Gasteiger partial charge in [0, 0.05) is 49.4 Å². The van der Waals surface area contributed by atoms with Gasteiger partial charge in [-0.05, 0) is 53.0 Å². The van der Waals surface area contributed by atoms with Crippen LogP contribution in [0.3, 0.4) is 0 Å². The molecule has 0 spiro atoms. The number of carbonyl (C=O) groups is 5. The van der Waals surface area contributed by atoms with E-state index in [2.05, 4.69) is 37.0 Å². The number of carbonyl (C=O) groups excluding carboxylic acids is 5. The van der Waals surface area contributed by atoms with Crippen molar-refractivity contribution in [2.24, 2.45) is 11.8 Å². The number of thiazole rings is 1. The first kappa shape index (κ1) is 45.9. The summed E-state index contributed by atoms with van der Waals surface area (Å²) < 4.78 is 16.6. The monoisotopic (exact) mass is 856 g/mol. The highest BCUT2D eigenvalue weighted by molar-refractivity contribution is 7.17. The Morgan fingerprint density at radius 2 is 1.50 bits per heavy atom. The van der Waals surface area contributed by atoms with E-state index in [1.807, 2.05) is 87.5 Å².